The second-order valence-electron chi connectivity index (χ2n) is 7.26. The minimum Gasteiger partial charge on any atom is -0.376 e. The molecule has 0 spiro atoms. The van der Waals surface area contributed by atoms with Gasteiger partial charge in [-0.25, -0.2) is 0 Å². The zero-order chi connectivity index (χ0) is 22.1. The standard InChI is InChI=1S/C23H28N4O4/c1-2-24-22(29)16-8-10-18(11-9-16)25-15-21(28)27-19-6-3-5-17(13-19)23(30)26-14-20-7-4-12-31-20/h3,5-6,8-11,13,20,25H,2,4,7,12,14-15H2,1H3,(H,24,29)(H,26,30)(H,27,28). The van der Waals surface area contributed by atoms with E-state index in [1.54, 1.807) is 48.5 Å². The van der Waals surface area contributed by atoms with Crippen LogP contribution in [0.15, 0.2) is 48.5 Å². The third-order valence-electron chi connectivity index (χ3n) is 4.86. The SMILES string of the molecule is CCNC(=O)c1ccc(NCC(=O)Nc2cccc(C(=O)NCC3CCCO3)c2)cc1. The van der Waals surface area contributed by atoms with Gasteiger partial charge < -0.3 is 26.0 Å². The molecule has 0 radical (unpaired) electrons. The van der Waals surface area contributed by atoms with Gasteiger partial charge in [-0.2, -0.15) is 0 Å². The summed E-state index contributed by atoms with van der Waals surface area (Å²) in [5.74, 6) is -0.576. The van der Waals surface area contributed by atoms with Gasteiger partial charge in [0.05, 0.1) is 12.6 Å². The van der Waals surface area contributed by atoms with Crippen molar-refractivity contribution in [3.05, 3.63) is 59.7 Å². The van der Waals surface area contributed by atoms with Gasteiger partial charge in [0.15, 0.2) is 0 Å². The van der Waals surface area contributed by atoms with E-state index in [1.807, 2.05) is 6.92 Å². The molecule has 0 aliphatic carbocycles. The van der Waals surface area contributed by atoms with Crippen LogP contribution in [-0.2, 0) is 9.53 Å². The van der Waals surface area contributed by atoms with Gasteiger partial charge in [-0.15, -0.1) is 0 Å². The van der Waals surface area contributed by atoms with Crippen molar-refractivity contribution in [1.82, 2.24) is 10.6 Å². The monoisotopic (exact) mass is 424 g/mol. The van der Waals surface area contributed by atoms with E-state index in [-0.39, 0.29) is 30.4 Å². The minimum atomic E-state index is -0.246. The lowest BCUT2D eigenvalue weighted by Gasteiger charge is -2.12. The molecule has 2 aromatic carbocycles. The van der Waals surface area contributed by atoms with Crippen LogP contribution in [0.4, 0.5) is 11.4 Å². The Bertz CT molecular complexity index is 908. The number of rotatable bonds is 9. The molecule has 164 valence electrons. The highest BCUT2D eigenvalue weighted by Crippen LogP contribution is 2.13. The molecule has 1 fully saturated rings. The number of carbonyl (C=O) groups is 3. The highest BCUT2D eigenvalue weighted by molar-refractivity contribution is 5.98. The van der Waals surface area contributed by atoms with Crippen molar-refractivity contribution >= 4 is 29.1 Å². The number of amides is 3. The molecule has 2 aromatic rings. The lowest BCUT2D eigenvalue weighted by atomic mass is 10.1. The van der Waals surface area contributed by atoms with E-state index in [9.17, 15) is 14.4 Å². The molecule has 31 heavy (non-hydrogen) atoms. The van der Waals surface area contributed by atoms with Gasteiger partial charge in [-0.3, -0.25) is 14.4 Å². The van der Waals surface area contributed by atoms with Crippen molar-refractivity contribution in [3.8, 4) is 0 Å². The first-order valence-corrected chi connectivity index (χ1v) is 10.5. The Morgan fingerprint density at radius 2 is 1.74 bits per heavy atom. The number of hydrogen-bond donors (Lipinski definition) is 4. The van der Waals surface area contributed by atoms with Crippen molar-refractivity contribution in [3.63, 3.8) is 0 Å². The Morgan fingerprint density at radius 3 is 2.45 bits per heavy atom. The number of ether oxygens (including phenoxy) is 1. The van der Waals surface area contributed by atoms with E-state index in [2.05, 4.69) is 21.3 Å². The van der Waals surface area contributed by atoms with Crippen molar-refractivity contribution in [2.24, 2.45) is 0 Å². The topological polar surface area (TPSA) is 109 Å². The second kappa shape index (κ2) is 11.1. The van der Waals surface area contributed by atoms with Gasteiger partial charge in [0.2, 0.25) is 5.91 Å². The number of benzene rings is 2. The summed E-state index contributed by atoms with van der Waals surface area (Å²) in [4.78, 5) is 36.4. The minimum absolute atomic E-state index is 0.0515. The summed E-state index contributed by atoms with van der Waals surface area (Å²) in [6.07, 6.45) is 2.06. The fraction of sp³-hybridized carbons (Fsp3) is 0.348. The number of carbonyl (C=O) groups excluding carboxylic acids is 3. The second-order valence-corrected chi connectivity index (χ2v) is 7.26. The quantitative estimate of drug-likeness (QED) is 0.494. The molecule has 3 rings (SSSR count). The smallest absolute Gasteiger partial charge is 0.251 e. The first-order valence-electron chi connectivity index (χ1n) is 10.5. The molecule has 8 heteroatoms. The molecule has 1 atom stereocenters. The molecule has 1 aliphatic rings. The van der Waals surface area contributed by atoms with Crippen LogP contribution < -0.4 is 21.3 Å². The van der Waals surface area contributed by atoms with Gasteiger partial charge in [-0.1, -0.05) is 6.07 Å². The first-order chi connectivity index (χ1) is 15.0. The average molecular weight is 425 g/mol. The Kier molecular flexibility index (Phi) is 8.00. The van der Waals surface area contributed by atoms with Crippen LogP contribution in [0.2, 0.25) is 0 Å². The summed E-state index contributed by atoms with van der Waals surface area (Å²) >= 11 is 0. The molecule has 0 saturated carbocycles. The van der Waals surface area contributed by atoms with E-state index in [0.717, 1.165) is 25.1 Å². The van der Waals surface area contributed by atoms with Gasteiger partial charge in [0.1, 0.15) is 0 Å². The van der Waals surface area contributed by atoms with E-state index in [1.165, 1.54) is 0 Å². The molecule has 0 aromatic heterocycles. The largest absolute Gasteiger partial charge is 0.376 e. The molecule has 1 saturated heterocycles. The summed E-state index contributed by atoms with van der Waals surface area (Å²) in [6.45, 7) is 3.71. The fourth-order valence-corrected chi connectivity index (χ4v) is 3.24. The number of nitrogens with one attached hydrogen (secondary N) is 4. The molecular weight excluding hydrogens is 396 g/mol. The molecular formula is C23H28N4O4. The summed E-state index contributed by atoms with van der Waals surface area (Å²) in [5, 5.41) is 11.4. The Hall–Kier alpha value is -3.39. The fourth-order valence-electron chi connectivity index (χ4n) is 3.24. The maximum atomic E-state index is 12.3. The average Bonchev–Trinajstić information content (AvgIpc) is 3.30. The van der Waals surface area contributed by atoms with Gasteiger partial charge in [0.25, 0.3) is 11.8 Å². The van der Waals surface area contributed by atoms with Gasteiger partial charge >= 0.3 is 0 Å². The Labute approximate surface area is 181 Å². The van der Waals surface area contributed by atoms with Crippen LogP contribution in [0.25, 0.3) is 0 Å². The van der Waals surface area contributed by atoms with Crippen LogP contribution in [0.5, 0.6) is 0 Å². The van der Waals surface area contributed by atoms with Crippen molar-refractivity contribution in [2.75, 3.05) is 36.9 Å². The zero-order valence-corrected chi connectivity index (χ0v) is 17.6. The van der Waals surface area contributed by atoms with Gasteiger partial charge in [-0.05, 0) is 62.2 Å². The van der Waals surface area contributed by atoms with E-state index < -0.39 is 0 Å². The zero-order valence-electron chi connectivity index (χ0n) is 17.6. The summed E-state index contributed by atoms with van der Waals surface area (Å²) in [5.41, 5.74) is 2.31. The molecule has 3 amide bonds. The normalized spacial score (nSPS) is 15.2. The third-order valence-corrected chi connectivity index (χ3v) is 4.86. The first kappa shape index (κ1) is 22.3. The lowest BCUT2D eigenvalue weighted by molar-refractivity contribution is -0.114. The lowest BCUT2D eigenvalue weighted by Crippen LogP contribution is -2.31. The molecule has 1 unspecified atom stereocenters. The van der Waals surface area contributed by atoms with Crippen LogP contribution in [0.1, 0.15) is 40.5 Å². The number of hydrogen-bond acceptors (Lipinski definition) is 5. The van der Waals surface area contributed by atoms with Crippen LogP contribution in [0, 0.1) is 0 Å². The van der Waals surface area contributed by atoms with Crippen molar-refractivity contribution < 1.29 is 19.1 Å². The molecule has 1 heterocycles. The Balaban J connectivity index is 1.47. The predicted molar refractivity (Wildman–Crippen MR) is 119 cm³/mol. The van der Waals surface area contributed by atoms with Crippen LogP contribution in [-0.4, -0.2) is 50.1 Å². The van der Waals surface area contributed by atoms with Crippen LogP contribution >= 0.6 is 0 Å². The van der Waals surface area contributed by atoms with Crippen molar-refractivity contribution in [2.45, 2.75) is 25.9 Å². The summed E-state index contributed by atoms with van der Waals surface area (Å²) < 4.78 is 5.51. The maximum Gasteiger partial charge on any atom is 0.251 e. The summed E-state index contributed by atoms with van der Waals surface area (Å²) in [6, 6.07) is 13.7. The van der Waals surface area contributed by atoms with Crippen LogP contribution in [0.3, 0.4) is 0 Å². The van der Waals surface area contributed by atoms with E-state index in [0.29, 0.717) is 29.9 Å². The molecule has 0 bridgehead atoms. The van der Waals surface area contributed by atoms with E-state index in [4.69, 9.17) is 4.74 Å². The highest BCUT2D eigenvalue weighted by Gasteiger charge is 2.17. The maximum absolute atomic E-state index is 12.3. The van der Waals surface area contributed by atoms with Crippen molar-refractivity contribution in [1.29, 1.82) is 0 Å². The predicted octanol–water partition coefficient (Wildman–Crippen LogP) is 2.40. The molecule has 4 N–H and O–H groups in total. The molecule has 8 nitrogen and oxygen atoms in total. The summed E-state index contributed by atoms with van der Waals surface area (Å²) in [7, 11) is 0. The van der Waals surface area contributed by atoms with Gasteiger partial charge in [0, 0.05) is 42.2 Å². The molecule has 1 aliphatic heterocycles. The number of anilines is 2. The third kappa shape index (κ3) is 6.82. The highest BCUT2D eigenvalue weighted by atomic mass is 16.5. The Morgan fingerprint density at radius 1 is 0.968 bits per heavy atom. The van der Waals surface area contributed by atoms with E-state index >= 15 is 0 Å².